The van der Waals surface area contributed by atoms with Gasteiger partial charge >= 0.3 is 0 Å². The highest BCUT2D eigenvalue weighted by Crippen LogP contribution is 2.36. The van der Waals surface area contributed by atoms with Crippen LogP contribution in [0.1, 0.15) is 27.3 Å². The molecule has 1 aliphatic heterocycles. The van der Waals surface area contributed by atoms with E-state index >= 15 is 0 Å². The van der Waals surface area contributed by atoms with E-state index in [1.54, 1.807) is 12.1 Å². The lowest BCUT2D eigenvalue weighted by Crippen LogP contribution is -2.30. The predicted octanol–water partition coefficient (Wildman–Crippen LogP) is 2.06. The number of aromatic nitrogens is 1. The molecule has 0 saturated heterocycles. The number of carbonyl (C=O) groups is 2. The summed E-state index contributed by atoms with van der Waals surface area (Å²) in [6.45, 7) is 0. The van der Waals surface area contributed by atoms with Gasteiger partial charge in [-0.2, -0.15) is 0 Å². The van der Waals surface area contributed by atoms with Crippen LogP contribution in [-0.2, 0) is 0 Å². The van der Waals surface area contributed by atoms with Crippen LogP contribution >= 0.6 is 0 Å². The van der Waals surface area contributed by atoms with E-state index in [4.69, 9.17) is 0 Å². The number of ketones is 2. The molecule has 4 rings (SSSR count). The lowest BCUT2D eigenvalue weighted by Gasteiger charge is -2.15. The monoisotopic (exact) mass is 248 g/mol. The smallest absolute Gasteiger partial charge is 0.214 e. The summed E-state index contributed by atoms with van der Waals surface area (Å²) in [5.41, 5.74) is 2.86. The average molecular weight is 248 g/mol. The maximum Gasteiger partial charge on any atom is 0.214 e. The van der Waals surface area contributed by atoms with Crippen LogP contribution in [0.4, 0.5) is 0 Å². The van der Waals surface area contributed by atoms with Crippen molar-refractivity contribution in [3.8, 4) is 0 Å². The van der Waals surface area contributed by atoms with Crippen molar-refractivity contribution in [3.05, 3.63) is 64.7 Å². The molecule has 0 amide bonds. The highest BCUT2D eigenvalue weighted by molar-refractivity contribution is 6.62. The largest absolute Gasteiger partial charge is 0.287 e. The van der Waals surface area contributed by atoms with Crippen LogP contribution in [0.3, 0.4) is 0 Å². The van der Waals surface area contributed by atoms with Crippen molar-refractivity contribution in [1.82, 2.24) is 4.98 Å². The van der Waals surface area contributed by atoms with Gasteiger partial charge in [-0.25, -0.2) is 4.99 Å². The molecule has 0 saturated carbocycles. The summed E-state index contributed by atoms with van der Waals surface area (Å²) in [6.07, 6.45) is 7.84. The maximum absolute atomic E-state index is 12.5. The number of rotatable bonds is 0. The van der Waals surface area contributed by atoms with Gasteiger partial charge in [0.2, 0.25) is 11.6 Å². The van der Waals surface area contributed by atoms with Gasteiger partial charge in [-0.15, -0.1) is 0 Å². The van der Waals surface area contributed by atoms with Gasteiger partial charge in [0.1, 0.15) is 11.4 Å². The van der Waals surface area contributed by atoms with Crippen LogP contribution in [0.2, 0.25) is 0 Å². The van der Waals surface area contributed by atoms with Crippen LogP contribution < -0.4 is 0 Å². The topological polar surface area (TPSA) is 59.4 Å². The van der Waals surface area contributed by atoms with E-state index < -0.39 is 0 Å². The molecule has 0 fully saturated rings. The molecule has 0 bridgehead atoms. The Balaban J connectivity index is 2.04. The van der Waals surface area contributed by atoms with Crippen molar-refractivity contribution in [2.45, 2.75) is 6.42 Å². The van der Waals surface area contributed by atoms with E-state index in [2.05, 4.69) is 9.98 Å². The zero-order valence-electron chi connectivity index (χ0n) is 9.88. The number of hydrogen-bond acceptors (Lipinski definition) is 4. The Bertz CT molecular complexity index is 779. The molecule has 1 aromatic rings. The van der Waals surface area contributed by atoms with Gasteiger partial charge in [0.25, 0.3) is 0 Å². The molecule has 0 radical (unpaired) electrons. The first kappa shape index (κ1) is 10.3. The Morgan fingerprint density at radius 2 is 2.05 bits per heavy atom. The molecule has 0 spiro atoms. The van der Waals surface area contributed by atoms with E-state index in [-0.39, 0.29) is 23.0 Å². The maximum atomic E-state index is 12.5. The van der Waals surface area contributed by atoms with E-state index in [1.165, 1.54) is 6.20 Å². The molecule has 0 aromatic carbocycles. The number of allylic oxidation sites excluding steroid dienone is 5. The van der Waals surface area contributed by atoms with E-state index in [9.17, 15) is 9.59 Å². The van der Waals surface area contributed by atoms with Crippen LogP contribution in [0.5, 0.6) is 0 Å². The first-order chi connectivity index (χ1) is 9.27. The Hall–Kier alpha value is -2.62. The van der Waals surface area contributed by atoms with Gasteiger partial charge in [-0.05, 0) is 30.2 Å². The van der Waals surface area contributed by atoms with Crippen LogP contribution in [0.25, 0.3) is 0 Å². The Labute approximate surface area is 108 Å². The van der Waals surface area contributed by atoms with Gasteiger partial charge in [0.15, 0.2) is 0 Å². The quantitative estimate of drug-likeness (QED) is 0.706. The third-order valence-corrected chi connectivity index (χ3v) is 3.50. The predicted molar refractivity (Wildman–Crippen MR) is 69.2 cm³/mol. The Morgan fingerprint density at radius 3 is 2.95 bits per heavy atom. The highest BCUT2D eigenvalue weighted by atomic mass is 16.1. The number of hydrogen-bond donors (Lipinski definition) is 0. The zero-order chi connectivity index (χ0) is 13.0. The van der Waals surface area contributed by atoms with E-state index in [0.717, 1.165) is 11.3 Å². The third kappa shape index (κ3) is 1.23. The number of Topliss-reactive ketones (excluding diaryl/α,β-unsaturated/α-hetero) is 2. The van der Waals surface area contributed by atoms with E-state index in [0.29, 0.717) is 17.6 Å². The van der Waals surface area contributed by atoms with Gasteiger partial charge in [0, 0.05) is 6.20 Å². The summed E-state index contributed by atoms with van der Waals surface area (Å²) in [6, 6.07) is 3.28. The second-order valence-electron chi connectivity index (χ2n) is 4.56. The fourth-order valence-corrected chi connectivity index (χ4v) is 2.63. The van der Waals surface area contributed by atoms with Crippen LogP contribution in [0.15, 0.2) is 58.4 Å². The summed E-state index contributed by atoms with van der Waals surface area (Å²) < 4.78 is 0. The molecule has 4 heteroatoms. The molecule has 19 heavy (non-hydrogen) atoms. The molecule has 0 unspecified atom stereocenters. The number of nitrogens with zero attached hydrogens (tertiary/aromatic N) is 2. The lowest BCUT2D eigenvalue weighted by molar-refractivity contribution is 0.0993. The molecule has 3 aliphatic rings. The van der Waals surface area contributed by atoms with Crippen molar-refractivity contribution in [1.29, 1.82) is 0 Å². The summed E-state index contributed by atoms with van der Waals surface area (Å²) in [4.78, 5) is 33.2. The van der Waals surface area contributed by atoms with Crippen molar-refractivity contribution in [3.63, 3.8) is 0 Å². The summed E-state index contributed by atoms with van der Waals surface area (Å²) in [5, 5.41) is 0. The molecule has 4 nitrogen and oxygen atoms in total. The first-order valence-electron chi connectivity index (χ1n) is 6.01. The Morgan fingerprint density at radius 1 is 1.16 bits per heavy atom. The molecule has 2 heterocycles. The number of carbonyl (C=O) groups excluding carboxylic acids is 2. The second-order valence-corrected chi connectivity index (χ2v) is 4.56. The Kier molecular flexibility index (Phi) is 1.87. The minimum atomic E-state index is -0.208. The normalized spacial score (nSPS) is 19.8. The van der Waals surface area contributed by atoms with E-state index in [1.807, 2.05) is 18.2 Å². The van der Waals surface area contributed by atoms with Crippen LogP contribution in [0, 0.1) is 0 Å². The first-order valence-corrected chi connectivity index (χ1v) is 6.01. The van der Waals surface area contributed by atoms with Gasteiger partial charge in [-0.3, -0.25) is 14.6 Å². The molecule has 90 valence electrons. The molecular weight excluding hydrogens is 240 g/mol. The third-order valence-electron chi connectivity index (χ3n) is 3.50. The molecule has 1 aromatic heterocycles. The number of pyridine rings is 1. The summed E-state index contributed by atoms with van der Waals surface area (Å²) in [5.74, 6) is -0.400. The minimum absolute atomic E-state index is 0.192. The zero-order valence-corrected chi connectivity index (χ0v) is 9.88. The summed E-state index contributed by atoms with van der Waals surface area (Å²) >= 11 is 0. The molecule has 0 atom stereocenters. The summed E-state index contributed by atoms with van der Waals surface area (Å²) in [7, 11) is 0. The van der Waals surface area contributed by atoms with Crippen molar-refractivity contribution >= 4 is 17.3 Å². The van der Waals surface area contributed by atoms with Crippen molar-refractivity contribution in [2.75, 3.05) is 0 Å². The lowest BCUT2D eigenvalue weighted by atomic mass is 9.85. The molecule has 0 N–H and O–H groups in total. The SMILES string of the molecule is O=C1C2=NC3=CC=CCC3=C2C(=O)c2ncccc21. The van der Waals surface area contributed by atoms with Gasteiger partial charge in [0.05, 0.1) is 16.8 Å². The highest BCUT2D eigenvalue weighted by Gasteiger charge is 2.40. The second kappa shape index (κ2) is 3.45. The average Bonchev–Trinajstić information content (AvgIpc) is 2.84. The number of aliphatic imine (C=N–C) groups is 1. The van der Waals surface area contributed by atoms with Crippen molar-refractivity contribution < 1.29 is 9.59 Å². The molecular formula is C15H8N2O2. The van der Waals surface area contributed by atoms with Crippen molar-refractivity contribution in [2.24, 2.45) is 4.99 Å². The fourth-order valence-electron chi connectivity index (χ4n) is 2.63. The molecule has 2 aliphatic carbocycles. The van der Waals surface area contributed by atoms with Gasteiger partial charge in [-0.1, -0.05) is 12.2 Å². The van der Waals surface area contributed by atoms with Crippen LogP contribution in [-0.4, -0.2) is 22.3 Å². The fraction of sp³-hybridized carbons (Fsp3) is 0.0667. The number of fused-ring (bicyclic) bond motifs is 3. The standard InChI is InChI=1S/C15H8N2O2/c18-14-9-5-3-7-16-12(9)15(19)11-8-4-1-2-6-10(8)17-13(11)14/h1-3,5-7H,4H2. The van der Waals surface area contributed by atoms with Gasteiger partial charge < -0.3 is 0 Å². The minimum Gasteiger partial charge on any atom is -0.287 e.